The molecule has 1 aliphatic rings. The number of amides is 1. The first-order valence-corrected chi connectivity index (χ1v) is 5.49. The number of nitrogens with two attached hydrogens (primary N) is 1. The van der Waals surface area contributed by atoms with Crippen molar-refractivity contribution in [1.29, 1.82) is 0 Å². The second-order valence-electron chi connectivity index (χ2n) is 3.83. The maximum Gasteiger partial charge on any atom is 0.243 e. The summed E-state index contributed by atoms with van der Waals surface area (Å²) in [6.07, 6.45) is 1.52. The van der Waals surface area contributed by atoms with Gasteiger partial charge in [-0.2, -0.15) is 0 Å². The Kier molecular flexibility index (Phi) is 3.12. The van der Waals surface area contributed by atoms with Crippen LogP contribution in [-0.4, -0.2) is 18.5 Å². The number of piperidine rings is 1. The molecule has 3 nitrogen and oxygen atoms in total. The molecule has 0 saturated carbocycles. The second-order valence-corrected chi connectivity index (χ2v) is 4.24. The number of rotatable bonds is 1. The predicted molar refractivity (Wildman–Crippen MR) is 61.0 cm³/mol. The van der Waals surface area contributed by atoms with Crippen molar-refractivity contribution in [3.63, 3.8) is 0 Å². The first-order valence-electron chi connectivity index (χ1n) is 5.11. The van der Waals surface area contributed by atoms with Crippen LogP contribution in [-0.2, 0) is 4.79 Å². The van der Waals surface area contributed by atoms with Crippen LogP contribution in [0.5, 0.6) is 0 Å². The van der Waals surface area contributed by atoms with Crippen LogP contribution in [0, 0.1) is 5.82 Å². The van der Waals surface area contributed by atoms with Gasteiger partial charge >= 0.3 is 0 Å². The lowest BCUT2D eigenvalue weighted by Gasteiger charge is -2.31. The molecule has 86 valence electrons. The van der Waals surface area contributed by atoms with Gasteiger partial charge in [-0.3, -0.25) is 4.79 Å². The van der Waals surface area contributed by atoms with Gasteiger partial charge in [0.1, 0.15) is 5.82 Å². The van der Waals surface area contributed by atoms with Crippen molar-refractivity contribution < 1.29 is 9.18 Å². The lowest BCUT2D eigenvalue weighted by molar-refractivity contribution is -0.120. The zero-order chi connectivity index (χ0) is 11.7. The van der Waals surface area contributed by atoms with Gasteiger partial charge < -0.3 is 10.6 Å². The first-order chi connectivity index (χ1) is 7.59. The SMILES string of the molecule is NC1CCCN(c2ccc(F)cc2Cl)C1=O. The van der Waals surface area contributed by atoms with Crippen LogP contribution in [0.1, 0.15) is 12.8 Å². The summed E-state index contributed by atoms with van der Waals surface area (Å²) in [4.78, 5) is 13.3. The summed E-state index contributed by atoms with van der Waals surface area (Å²) >= 11 is 5.90. The summed E-state index contributed by atoms with van der Waals surface area (Å²) in [5.74, 6) is -0.567. The van der Waals surface area contributed by atoms with Gasteiger partial charge in [0.25, 0.3) is 0 Å². The molecule has 2 N–H and O–H groups in total. The Bertz CT molecular complexity index is 424. The van der Waals surface area contributed by atoms with Crippen LogP contribution in [0.25, 0.3) is 0 Å². The van der Waals surface area contributed by atoms with Crippen molar-refractivity contribution in [3.05, 3.63) is 29.0 Å². The van der Waals surface area contributed by atoms with E-state index in [9.17, 15) is 9.18 Å². The third-order valence-electron chi connectivity index (χ3n) is 2.68. The van der Waals surface area contributed by atoms with Gasteiger partial charge in [-0.05, 0) is 31.0 Å². The van der Waals surface area contributed by atoms with Gasteiger partial charge in [-0.1, -0.05) is 11.6 Å². The van der Waals surface area contributed by atoms with E-state index in [0.29, 0.717) is 18.7 Å². The van der Waals surface area contributed by atoms with Crippen molar-refractivity contribution in [2.24, 2.45) is 5.73 Å². The van der Waals surface area contributed by atoms with E-state index in [1.165, 1.54) is 23.1 Å². The Hall–Kier alpha value is -1.13. The molecule has 0 bridgehead atoms. The largest absolute Gasteiger partial charge is 0.320 e. The monoisotopic (exact) mass is 242 g/mol. The fourth-order valence-corrected chi connectivity index (χ4v) is 2.11. The van der Waals surface area contributed by atoms with Crippen LogP contribution in [0.3, 0.4) is 0 Å². The van der Waals surface area contributed by atoms with Crippen molar-refractivity contribution in [2.75, 3.05) is 11.4 Å². The number of carbonyl (C=O) groups is 1. The topological polar surface area (TPSA) is 46.3 Å². The van der Waals surface area contributed by atoms with E-state index in [4.69, 9.17) is 17.3 Å². The quantitative estimate of drug-likeness (QED) is 0.818. The Balaban J connectivity index is 2.32. The van der Waals surface area contributed by atoms with Crippen molar-refractivity contribution in [2.45, 2.75) is 18.9 Å². The van der Waals surface area contributed by atoms with Crippen LogP contribution in [0.2, 0.25) is 5.02 Å². The molecule has 1 saturated heterocycles. The molecule has 1 unspecified atom stereocenters. The Labute approximate surface area is 98.0 Å². The summed E-state index contributed by atoms with van der Waals surface area (Å²) in [7, 11) is 0. The van der Waals surface area contributed by atoms with Crippen LogP contribution < -0.4 is 10.6 Å². The number of carbonyl (C=O) groups excluding carboxylic acids is 1. The molecule has 1 aromatic rings. The molecule has 1 amide bonds. The minimum Gasteiger partial charge on any atom is -0.320 e. The molecule has 0 aromatic heterocycles. The average Bonchev–Trinajstić information content (AvgIpc) is 2.23. The van der Waals surface area contributed by atoms with Gasteiger partial charge in [-0.25, -0.2) is 4.39 Å². The highest BCUT2D eigenvalue weighted by Gasteiger charge is 2.27. The van der Waals surface area contributed by atoms with E-state index in [1.54, 1.807) is 0 Å². The van der Waals surface area contributed by atoms with Crippen LogP contribution in [0.15, 0.2) is 18.2 Å². The third kappa shape index (κ3) is 2.03. The first kappa shape index (κ1) is 11.4. The molecule has 1 aromatic carbocycles. The smallest absolute Gasteiger partial charge is 0.243 e. The molecule has 0 spiro atoms. The van der Waals surface area contributed by atoms with Gasteiger partial charge in [0.15, 0.2) is 0 Å². The fourth-order valence-electron chi connectivity index (χ4n) is 1.84. The number of benzene rings is 1. The molecule has 0 radical (unpaired) electrons. The summed E-state index contributed by atoms with van der Waals surface area (Å²) in [6, 6.07) is 3.52. The van der Waals surface area contributed by atoms with Crippen LogP contribution >= 0.6 is 11.6 Å². The van der Waals surface area contributed by atoms with Crippen molar-refractivity contribution in [1.82, 2.24) is 0 Å². The van der Waals surface area contributed by atoms with E-state index in [-0.39, 0.29) is 10.9 Å². The van der Waals surface area contributed by atoms with Crippen molar-refractivity contribution >= 4 is 23.2 Å². The Morgan fingerprint density at radius 2 is 2.25 bits per heavy atom. The second kappa shape index (κ2) is 4.39. The number of nitrogens with zero attached hydrogens (tertiary/aromatic N) is 1. The van der Waals surface area contributed by atoms with Crippen molar-refractivity contribution in [3.8, 4) is 0 Å². The van der Waals surface area contributed by atoms with E-state index in [2.05, 4.69) is 0 Å². The molecular formula is C11H12ClFN2O. The van der Waals surface area contributed by atoms with E-state index in [0.717, 1.165) is 6.42 Å². The fraction of sp³-hybridized carbons (Fsp3) is 0.364. The molecule has 1 fully saturated rings. The molecule has 16 heavy (non-hydrogen) atoms. The summed E-state index contributed by atoms with van der Waals surface area (Å²) < 4.78 is 12.9. The molecular weight excluding hydrogens is 231 g/mol. The van der Waals surface area contributed by atoms with E-state index >= 15 is 0 Å². The Morgan fingerprint density at radius 1 is 1.50 bits per heavy atom. The van der Waals surface area contributed by atoms with E-state index in [1.807, 2.05) is 0 Å². The highest BCUT2D eigenvalue weighted by molar-refractivity contribution is 6.33. The normalized spacial score (nSPS) is 21.3. The Morgan fingerprint density at radius 3 is 2.94 bits per heavy atom. The molecule has 1 atom stereocenters. The van der Waals surface area contributed by atoms with Gasteiger partial charge in [0.05, 0.1) is 16.8 Å². The summed E-state index contributed by atoms with van der Waals surface area (Å²) in [5, 5.41) is 0.238. The maximum atomic E-state index is 12.9. The number of anilines is 1. The lowest BCUT2D eigenvalue weighted by Crippen LogP contribution is -2.48. The lowest BCUT2D eigenvalue weighted by atomic mass is 10.0. The summed E-state index contributed by atoms with van der Waals surface area (Å²) in [6.45, 7) is 0.581. The predicted octanol–water partition coefficient (Wildman–Crippen LogP) is 1.93. The zero-order valence-electron chi connectivity index (χ0n) is 8.62. The number of hydrogen-bond donors (Lipinski definition) is 1. The molecule has 0 aliphatic carbocycles. The highest BCUT2D eigenvalue weighted by Crippen LogP contribution is 2.29. The van der Waals surface area contributed by atoms with Crippen LogP contribution in [0.4, 0.5) is 10.1 Å². The van der Waals surface area contributed by atoms with Gasteiger partial charge in [-0.15, -0.1) is 0 Å². The zero-order valence-corrected chi connectivity index (χ0v) is 9.38. The molecule has 1 aliphatic heterocycles. The minimum absolute atomic E-state index is 0.153. The van der Waals surface area contributed by atoms with E-state index < -0.39 is 11.9 Å². The number of halogens is 2. The molecule has 1 heterocycles. The highest BCUT2D eigenvalue weighted by atomic mass is 35.5. The minimum atomic E-state index is -0.477. The average molecular weight is 243 g/mol. The van der Waals surface area contributed by atoms with Gasteiger partial charge in [0, 0.05) is 6.54 Å². The molecule has 2 rings (SSSR count). The summed E-state index contributed by atoms with van der Waals surface area (Å²) in [5.41, 5.74) is 6.21. The molecule has 5 heteroatoms. The van der Waals surface area contributed by atoms with Gasteiger partial charge in [0.2, 0.25) is 5.91 Å². The number of hydrogen-bond acceptors (Lipinski definition) is 2. The standard InChI is InChI=1S/C11H12ClFN2O/c12-8-6-7(13)3-4-10(8)15-5-1-2-9(14)11(15)16/h3-4,6,9H,1-2,5,14H2. The third-order valence-corrected chi connectivity index (χ3v) is 2.98. The maximum absolute atomic E-state index is 12.9.